The van der Waals surface area contributed by atoms with Crippen LogP contribution in [0.5, 0.6) is 5.88 Å². The van der Waals surface area contributed by atoms with Gasteiger partial charge in [0.1, 0.15) is 5.56 Å². The predicted octanol–water partition coefficient (Wildman–Crippen LogP) is 5.03. The van der Waals surface area contributed by atoms with Crippen LogP contribution in [0.15, 0.2) is 18.3 Å². The topological polar surface area (TPSA) is 97.5 Å². The molecule has 0 radical (unpaired) electrons. The maximum atomic E-state index is 11.6. The molecule has 0 saturated carbocycles. The molecule has 0 saturated heterocycles. The Morgan fingerprint density at radius 1 is 1.06 bits per heavy atom. The summed E-state index contributed by atoms with van der Waals surface area (Å²) in [7, 11) is 2.43. The first-order valence-corrected chi connectivity index (χ1v) is 10.6. The highest BCUT2D eigenvalue weighted by Crippen LogP contribution is 2.32. The van der Waals surface area contributed by atoms with Crippen LogP contribution in [0, 0.1) is 13.8 Å². The second-order valence-corrected chi connectivity index (χ2v) is 7.03. The van der Waals surface area contributed by atoms with Crippen LogP contribution < -0.4 is 4.74 Å². The maximum Gasteiger partial charge on any atom is 0.341 e. The lowest BCUT2D eigenvalue weighted by atomic mass is 10.0. The van der Waals surface area contributed by atoms with E-state index >= 15 is 0 Å². The standard InChI is InChI=1S/C20H23N3O3.C3H8.CH4O/c1-6-15-13(9-14(20(24)25)19(21-15)26-5)17-11(3)8-16-18(22-17)12(4)10-23(16)7-2;1-3-2;1-2/h8-10H,6-7H2,1-5H3,(H,24,25);3H2,1-2H3;2H,1H3. The lowest BCUT2D eigenvalue weighted by Crippen LogP contribution is -2.07. The van der Waals surface area contributed by atoms with Gasteiger partial charge in [0.05, 0.1) is 29.5 Å². The van der Waals surface area contributed by atoms with E-state index in [0.29, 0.717) is 6.42 Å². The molecule has 0 bridgehead atoms. The molecule has 3 aromatic rings. The second kappa shape index (κ2) is 12.1. The summed E-state index contributed by atoms with van der Waals surface area (Å²) in [5.74, 6) is -0.935. The summed E-state index contributed by atoms with van der Waals surface area (Å²) in [6.45, 7) is 13.2. The van der Waals surface area contributed by atoms with Gasteiger partial charge in [0.15, 0.2) is 0 Å². The molecule has 0 spiro atoms. The molecule has 0 aromatic carbocycles. The van der Waals surface area contributed by atoms with Gasteiger partial charge in [0.2, 0.25) is 5.88 Å². The van der Waals surface area contributed by atoms with Crippen LogP contribution in [-0.2, 0) is 13.0 Å². The fraction of sp³-hybridized carbons (Fsp3) is 0.458. The van der Waals surface area contributed by atoms with E-state index in [1.165, 1.54) is 13.5 Å². The van der Waals surface area contributed by atoms with Crippen molar-refractivity contribution in [3.8, 4) is 17.1 Å². The van der Waals surface area contributed by atoms with E-state index in [0.717, 1.165) is 52.8 Å². The van der Waals surface area contributed by atoms with Gasteiger partial charge in [0, 0.05) is 25.4 Å². The fourth-order valence-corrected chi connectivity index (χ4v) is 3.32. The number of aromatic carboxylic acids is 1. The van der Waals surface area contributed by atoms with Crippen LogP contribution in [0.3, 0.4) is 0 Å². The zero-order valence-electron chi connectivity index (χ0n) is 19.9. The molecular formula is C24H35N3O4. The fourth-order valence-electron chi connectivity index (χ4n) is 3.32. The minimum atomic E-state index is -1.06. The summed E-state index contributed by atoms with van der Waals surface area (Å²) >= 11 is 0. The minimum Gasteiger partial charge on any atom is -0.480 e. The van der Waals surface area contributed by atoms with Crippen LogP contribution in [0.25, 0.3) is 22.3 Å². The average Bonchev–Trinajstić information content (AvgIpc) is 3.08. The Morgan fingerprint density at radius 3 is 2.16 bits per heavy atom. The molecule has 3 aromatic heterocycles. The third-order valence-electron chi connectivity index (χ3n) is 4.65. The van der Waals surface area contributed by atoms with Gasteiger partial charge in [-0.3, -0.25) is 0 Å². The third-order valence-corrected chi connectivity index (χ3v) is 4.65. The van der Waals surface area contributed by atoms with E-state index < -0.39 is 5.97 Å². The van der Waals surface area contributed by atoms with Gasteiger partial charge in [-0.2, -0.15) is 0 Å². The van der Waals surface area contributed by atoms with Gasteiger partial charge < -0.3 is 19.5 Å². The molecule has 0 amide bonds. The van der Waals surface area contributed by atoms with Crippen LogP contribution >= 0.6 is 0 Å². The first kappa shape index (κ1) is 26.1. The van der Waals surface area contributed by atoms with Gasteiger partial charge in [0.25, 0.3) is 0 Å². The number of aliphatic hydroxyl groups is 1. The van der Waals surface area contributed by atoms with Crippen molar-refractivity contribution in [3.05, 3.63) is 40.7 Å². The molecule has 0 aliphatic rings. The van der Waals surface area contributed by atoms with E-state index in [1.807, 2.05) is 20.8 Å². The Kier molecular flexibility index (Phi) is 10.1. The maximum absolute atomic E-state index is 11.6. The van der Waals surface area contributed by atoms with Crippen LogP contribution in [0.2, 0.25) is 0 Å². The largest absolute Gasteiger partial charge is 0.480 e. The second-order valence-electron chi connectivity index (χ2n) is 7.03. The number of carboxylic acids is 1. The predicted molar refractivity (Wildman–Crippen MR) is 125 cm³/mol. The van der Waals surface area contributed by atoms with Crippen molar-refractivity contribution < 1.29 is 19.7 Å². The lowest BCUT2D eigenvalue weighted by Gasteiger charge is -2.14. The quantitative estimate of drug-likeness (QED) is 0.590. The molecule has 0 aliphatic heterocycles. The Balaban J connectivity index is 0.000000884. The number of aryl methyl sites for hydroxylation is 4. The van der Waals surface area contributed by atoms with Crippen LogP contribution in [0.1, 0.15) is 61.3 Å². The number of pyridine rings is 2. The summed E-state index contributed by atoms with van der Waals surface area (Å²) in [5, 5.41) is 16.5. The van der Waals surface area contributed by atoms with Crippen LogP contribution in [-0.4, -0.2) is 44.9 Å². The van der Waals surface area contributed by atoms with E-state index in [1.54, 1.807) is 6.07 Å². The van der Waals surface area contributed by atoms with E-state index in [-0.39, 0.29) is 11.4 Å². The number of ether oxygens (including phenoxy) is 1. The number of rotatable bonds is 5. The van der Waals surface area contributed by atoms with Gasteiger partial charge in [-0.15, -0.1) is 0 Å². The highest BCUT2D eigenvalue weighted by Gasteiger charge is 2.20. The Bertz CT molecular complexity index is 1030. The van der Waals surface area contributed by atoms with Gasteiger partial charge in [-0.1, -0.05) is 27.2 Å². The third kappa shape index (κ3) is 5.61. The number of fused-ring (bicyclic) bond motifs is 1. The number of aliphatic hydroxyl groups excluding tert-OH is 1. The molecule has 2 N–H and O–H groups in total. The normalized spacial score (nSPS) is 10.1. The zero-order chi connectivity index (χ0) is 23.7. The summed E-state index contributed by atoms with van der Waals surface area (Å²) in [4.78, 5) is 20.9. The van der Waals surface area contributed by atoms with Crippen molar-refractivity contribution in [2.75, 3.05) is 14.2 Å². The SMILES string of the molecule is CCC.CCc1nc(OC)c(C(=O)O)cc1-c1nc2c(C)cn(CC)c2cc1C.CO. The Hall–Kier alpha value is -2.93. The van der Waals surface area contributed by atoms with E-state index in [4.69, 9.17) is 14.8 Å². The Labute approximate surface area is 184 Å². The molecule has 3 rings (SSSR count). The molecule has 3 heterocycles. The number of carbonyl (C=O) groups is 1. The molecule has 0 fully saturated rings. The van der Waals surface area contributed by atoms with E-state index in [9.17, 15) is 9.90 Å². The van der Waals surface area contributed by atoms with Gasteiger partial charge >= 0.3 is 5.97 Å². The van der Waals surface area contributed by atoms with Crippen molar-refractivity contribution in [1.29, 1.82) is 0 Å². The number of nitrogens with zero attached hydrogens (tertiary/aromatic N) is 3. The van der Waals surface area contributed by atoms with Crippen molar-refractivity contribution in [2.45, 2.75) is 60.9 Å². The Morgan fingerprint density at radius 2 is 1.68 bits per heavy atom. The highest BCUT2D eigenvalue weighted by molar-refractivity contribution is 5.93. The summed E-state index contributed by atoms with van der Waals surface area (Å²) in [6.07, 6.45) is 4.00. The number of methoxy groups -OCH3 is 1. The molecule has 0 unspecified atom stereocenters. The van der Waals surface area contributed by atoms with Crippen molar-refractivity contribution in [1.82, 2.24) is 14.5 Å². The molecule has 31 heavy (non-hydrogen) atoms. The molecule has 7 heteroatoms. The van der Waals surface area contributed by atoms with Gasteiger partial charge in [-0.25, -0.2) is 14.8 Å². The average molecular weight is 430 g/mol. The molecule has 170 valence electrons. The van der Waals surface area contributed by atoms with Crippen molar-refractivity contribution in [3.63, 3.8) is 0 Å². The molecule has 0 atom stereocenters. The van der Waals surface area contributed by atoms with Crippen molar-refractivity contribution >= 4 is 17.0 Å². The number of carboxylic acid groups (broad SMARTS) is 1. The van der Waals surface area contributed by atoms with Crippen molar-refractivity contribution in [2.24, 2.45) is 0 Å². The first-order valence-electron chi connectivity index (χ1n) is 10.6. The van der Waals surface area contributed by atoms with E-state index in [2.05, 4.69) is 42.6 Å². The summed E-state index contributed by atoms with van der Waals surface area (Å²) < 4.78 is 7.33. The lowest BCUT2D eigenvalue weighted by molar-refractivity contribution is 0.0692. The molecular weight excluding hydrogens is 394 g/mol. The molecule has 7 nitrogen and oxygen atoms in total. The van der Waals surface area contributed by atoms with Crippen LogP contribution in [0.4, 0.5) is 0 Å². The smallest absolute Gasteiger partial charge is 0.341 e. The monoisotopic (exact) mass is 429 g/mol. The number of hydrogen-bond donors (Lipinski definition) is 2. The van der Waals surface area contributed by atoms with Gasteiger partial charge in [-0.05, 0) is 50.5 Å². The summed E-state index contributed by atoms with van der Waals surface area (Å²) in [5.41, 5.74) is 6.44. The first-order chi connectivity index (χ1) is 14.8. The highest BCUT2D eigenvalue weighted by atomic mass is 16.5. The zero-order valence-corrected chi connectivity index (χ0v) is 19.9. The number of hydrogen-bond acceptors (Lipinski definition) is 5. The number of aromatic nitrogens is 3. The minimum absolute atomic E-state index is 0.0452. The summed E-state index contributed by atoms with van der Waals surface area (Å²) in [6, 6.07) is 3.73. The molecule has 0 aliphatic carbocycles.